The van der Waals surface area contributed by atoms with Gasteiger partial charge in [-0.2, -0.15) is 0 Å². The number of aromatic hydroxyl groups is 1. The summed E-state index contributed by atoms with van der Waals surface area (Å²) in [7, 11) is 0. The number of nitrogens with one attached hydrogen (secondary N) is 1. The highest BCUT2D eigenvalue weighted by atomic mass is 32.1. The molecule has 32 heavy (non-hydrogen) atoms. The van der Waals surface area contributed by atoms with Gasteiger partial charge < -0.3 is 15.0 Å². The Morgan fingerprint density at radius 2 is 1.66 bits per heavy atom. The second-order valence-electron chi connectivity index (χ2n) is 8.10. The molecule has 2 N–H and O–H groups in total. The first-order valence-corrected chi connectivity index (χ1v) is 10.9. The number of anilines is 1. The Balaban J connectivity index is 1.68. The van der Waals surface area contributed by atoms with E-state index in [1.54, 1.807) is 0 Å². The maximum absolute atomic E-state index is 11.1. The van der Waals surface area contributed by atoms with Gasteiger partial charge >= 0.3 is 0 Å². The zero-order valence-electron chi connectivity index (χ0n) is 18.7. The summed E-state index contributed by atoms with van der Waals surface area (Å²) >= 11 is 5.40. The van der Waals surface area contributed by atoms with Gasteiger partial charge in [0.15, 0.2) is 5.69 Å². The number of aryl methyl sites for hydroxylation is 4. The van der Waals surface area contributed by atoms with Crippen LogP contribution in [-0.4, -0.2) is 14.8 Å². The van der Waals surface area contributed by atoms with Crippen molar-refractivity contribution in [1.82, 2.24) is 4.57 Å². The molecule has 0 amide bonds. The number of hydrogen-bond acceptors (Lipinski definition) is 3. The monoisotopic (exact) mass is 442 g/mol. The number of benzene rings is 3. The predicted molar refractivity (Wildman–Crippen MR) is 135 cm³/mol. The number of nitrogens with zero attached hydrogens (tertiary/aromatic N) is 3. The van der Waals surface area contributed by atoms with Crippen LogP contribution in [0.15, 0.2) is 70.9 Å². The molecule has 0 saturated heterocycles. The smallest absolute Gasteiger partial charge is 0.221 e. The molecule has 0 spiro atoms. The molecule has 0 aliphatic heterocycles. The molecule has 0 fully saturated rings. The minimum absolute atomic E-state index is 0.0747. The first kappa shape index (κ1) is 21.7. The van der Waals surface area contributed by atoms with Crippen molar-refractivity contribution in [2.75, 3.05) is 5.32 Å². The fourth-order valence-corrected chi connectivity index (χ4v) is 4.05. The number of fused-ring (bicyclic) bond motifs is 1. The van der Waals surface area contributed by atoms with E-state index in [0.717, 1.165) is 33.3 Å². The lowest BCUT2D eigenvalue weighted by atomic mass is 10.1. The van der Waals surface area contributed by atoms with Crippen molar-refractivity contribution in [3.8, 4) is 5.88 Å². The first-order valence-electron chi connectivity index (χ1n) is 10.5. The van der Waals surface area contributed by atoms with Gasteiger partial charge in [-0.1, -0.05) is 60.2 Å². The van der Waals surface area contributed by atoms with Crippen molar-refractivity contribution in [3.63, 3.8) is 0 Å². The van der Waals surface area contributed by atoms with Gasteiger partial charge in [-0.05, 0) is 68.2 Å². The molecule has 0 bridgehead atoms. The summed E-state index contributed by atoms with van der Waals surface area (Å²) in [6.45, 7) is 8.72. The third kappa shape index (κ3) is 4.27. The number of para-hydroxylation sites is 2. The Morgan fingerprint density at radius 3 is 2.41 bits per heavy atom. The van der Waals surface area contributed by atoms with Crippen LogP contribution in [0, 0.1) is 27.7 Å². The summed E-state index contributed by atoms with van der Waals surface area (Å²) in [6.07, 6.45) is 0. The van der Waals surface area contributed by atoms with E-state index in [9.17, 15) is 5.11 Å². The summed E-state index contributed by atoms with van der Waals surface area (Å²) in [6, 6.07) is 20.2. The van der Waals surface area contributed by atoms with Gasteiger partial charge in [0, 0.05) is 11.1 Å². The van der Waals surface area contributed by atoms with E-state index in [1.807, 2.05) is 60.9 Å². The SMILES string of the molecule is Cc1ccc(C)c(Cn2c(O)c(N=NC(=S)Nc3c(C)cccc3C)c3ccccc32)c1. The van der Waals surface area contributed by atoms with Crippen LogP contribution in [0.4, 0.5) is 11.4 Å². The molecule has 5 nitrogen and oxygen atoms in total. The van der Waals surface area contributed by atoms with Gasteiger partial charge in [0.25, 0.3) is 0 Å². The largest absolute Gasteiger partial charge is 0.493 e. The number of aromatic nitrogens is 1. The van der Waals surface area contributed by atoms with E-state index in [1.165, 1.54) is 11.1 Å². The maximum Gasteiger partial charge on any atom is 0.221 e. The zero-order chi connectivity index (χ0) is 22.8. The van der Waals surface area contributed by atoms with E-state index in [-0.39, 0.29) is 11.0 Å². The molecule has 0 saturated carbocycles. The van der Waals surface area contributed by atoms with Crippen molar-refractivity contribution >= 4 is 39.6 Å². The fourth-order valence-electron chi connectivity index (χ4n) is 3.91. The number of thiocarbonyl (C=S) groups is 1. The minimum atomic E-state index is 0.0747. The van der Waals surface area contributed by atoms with Crippen molar-refractivity contribution in [1.29, 1.82) is 0 Å². The van der Waals surface area contributed by atoms with E-state index in [2.05, 4.69) is 47.6 Å². The van der Waals surface area contributed by atoms with Gasteiger partial charge in [-0.3, -0.25) is 0 Å². The van der Waals surface area contributed by atoms with Crippen LogP contribution in [0.1, 0.15) is 27.8 Å². The molecule has 0 radical (unpaired) electrons. The van der Waals surface area contributed by atoms with Crippen LogP contribution in [0.3, 0.4) is 0 Å². The van der Waals surface area contributed by atoms with E-state index < -0.39 is 0 Å². The van der Waals surface area contributed by atoms with Crippen molar-refractivity contribution < 1.29 is 5.11 Å². The molecule has 0 aliphatic rings. The molecule has 162 valence electrons. The first-order chi connectivity index (χ1) is 15.3. The molecular formula is C26H26N4OS. The van der Waals surface area contributed by atoms with Crippen LogP contribution in [0.25, 0.3) is 10.9 Å². The van der Waals surface area contributed by atoms with Crippen LogP contribution in [0.2, 0.25) is 0 Å². The molecule has 0 aliphatic carbocycles. The average molecular weight is 443 g/mol. The van der Waals surface area contributed by atoms with Gasteiger partial charge in [0.05, 0.1) is 12.1 Å². The molecule has 1 heterocycles. The highest BCUT2D eigenvalue weighted by Crippen LogP contribution is 2.39. The second kappa shape index (κ2) is 8.93. The summed E-state index contributed by atoms with van der Waals surface area (Å²) in [5.74, 6) is 0.0747. The number of hydrogen-bond donors (Lipinski definition) is 2. The van der Waals surface area contributed by atoms with Gasteiger partial charge in [-0.15, -0.1) is 10.2 Å². The maximum atomic E-state index is 11.1. The summed E-state index contributed by atoms with van der Waals surface area (Å²) in [5, 5.41) is 23.9. The fraction of sp³-hybridized carbons (Fsp3) is 0.192. The number of azo groups is 1. The summed E-state index contributed by atoms with van der Waals surface area (Å²) < 4.78 is 1.87. The molecule has 0 atom stereocenters. The Kier molecular flexibility index (Phi) is 6.06. The molecule has 4 rings (SSSR count). The van der Waals surface area contributed by atoms with Crippen molar-refractivity contribution in [3.05, 3.63) is 88.5 Å². The van der Waals surface area contributed by atoms with Crippen LogP contribution in [-0.2, 0) is 6.54 Å². The zero-order valence-corrected chi connectivity index (χ0v) is 19.5. The lowest BCUT2D eigenvalue weighted by molar-refractivity contribution is 0.429. The van der Waals surface area contributed by atoms with E-state index in [0.29, 0.717) is 12.2 Å². The molecule has 0 unspecified atom stereocenters. The Bertz CT molecular complexity index is 1330. The standard InChI is InChI=1S/C26H26N4OS/c1-16-12-13-17(2)20(14-16)15-30-22-11-6-5-10-21(22)24(25(30)31)28-29-26(32)27-23-18(3)8-7-9-19(23)4/h5-14,31H,15H2,1-4H3,(H,27,32). The Morgan fingerprint density at radius 1 is 0.938 bits per heavy atom. The van der Waals surface area contributed by atoms with Crippen molar-refractivity contribution in [2.45, 2.75) is 34.2 Å². The topological polar surface area (TPSA) is 61.9 Å². The Hall–Kier alpha value is -3.51. The van der Waals surface area contributed by atoms with Gasteiger partial charge in [0.1, 0.15) is 0 Å². The molecule has 1 aromatic heterocycles. The molecular weight excluding hydrogens is 416 g/mol. The van der Waals surface area contributed by atoms with E-state index in [4.69, 9.17) is 12.2 Å². The second-order valence-corrected chi connectivity index (χ2v) is 8.49. The summed E-state index contributed by atoms with van der Waals surface area (Å²) in [5.41, 5.74) is 7.91. The quantitative estimate of drug-likeness (QED) is 0.261. The van der Waals surface area contributed by atoms with Crippen LogP contribution in [0.5, 0.6) is 5.88 Å². The number of rotatable bonds is 4. The van der Waals surface area contributed by atoms with E-state index >= 15 is 0 Å². The minimum Gasteiger partial charge on any atom is -0.493 e. The molecule has 3 aromatic carbocycles. The molecule has 4 aromatic rings. The average Bonchev–Trinajstić information content (AvgIpc) is 3.03. The van der Waals surface area contributed by atoms with Gasteiger partial charge in [0.2, 0.25) is 11.0 Å². The lowest BCUT2D eigenvalue weighted by Crippen LogP contribution is -2.07. The lowest BCUT2D eigenvalue weighted by Gasteiger charge is -2.11. The predicted octanol–water partition coefficient (Wildman–Crippen LogP) is 7.11. The van der Waals surface area contributed by atoms with Gasteiger partial charge in [-0.25, -0.2) is 0 Å². The Labute approximate surface area is 193 Å². The molecule has 6 heteroatoms. The van der Waals surface area contributed by atoms with Crippen LogP contribution < -0.4 is 5.32 Å². The highest BCUT2D eigenvalue weighted by Gasteiger charge is 2.17. The third-order valence-corrected chi connectivity index (χ3v) is 5.89. The normalized spacial score (nSPS) is 11.4. The highest BCUT2D eigenvalue weighted by molar-refractivity contribution is 7.80. The third-order valence-electron chi connectivity index (χ3n) is 5.70. The summed E-state index contributed by atoms with van der Waals surface area (Å²) in [4.78, 5) is 0. The van der Waals surface area contributed by atoms with Crippen molar-refractivity contribution in [2.24, 2.45) is 10.2 Å². The van der Waals surface area contributed by atoms with Crippen LogP contribution >= 0.6 is 12.2 Å².